The van der Waals surface area contributed by atoms with Gasteiger partial charge in [-0.2, -0.15) is 0 Å². The van der Waals surface area contributed by atoms with E-state index in [1.165, 1.54) is 5.56 Å². The van der Waals surface area contributed by atoms with Gasteiger partial charge >= 0.3 is 6.03 Å². The minimum Gasteiger partial charge on any atom is -0.342 e. The molecule has 4 rings (SSSR count). The quantitative estimate of drug-likeness (QED) is 0.703. The number of aromatic amines is 1. The van der Waals surface area contributed by atoms with Crippen LogP contribution in [0.5, 0.6) is 0 Å². The van der Waals surface area contributed by atoms with Crippen molar-refractivity contribution in [2.24, 2.45) is 0 Å². The van der Waals surface area contributed by atoms with E-state index < -0.39 is 0 Å². The average Bonchev–Trinajstić information content (AvgIpc) is 3.02. The summed E-state index contributed by atoms with van der Waals surface area (Å²) < 4.78 is 0. The molecule has 0 radical (unpaired) electrons. The number of H-pyrrole nitrogens is 1. The van der Waals surface area contributed by atoms with E-state index in [4.69, 9.17) is 0 Å². The Morgan fingerprint density at radius 3 is 2.68 bits per heavy atom. The van der Waals surface area contributed by atoms with Crippen molar-refractivity contribution in [2.45, 2.75) is 18.8 Å². The van der Waals surface area contributed by atoms with Crippen LogP contribution in [0.15, 0.2) is 54.6 Å². The zero-order valence-electron chi connectivity index (χ0n) is 14.1. The third kappa shape index (κ3) is 3.50. The molecule has 0 unspecified atom stereocenters. The number of rotatable bonds is 5. The van der Waals surface area contributed by atoms with Crippen molar-refractivity contribution in [2.75, 3.05) is 19.6 Å². The van der Waals surface area contributed by atoms with Gasteiger partial charge in [-0.15, -0.1) is 0 Å². The Morgan fingerprint density at radius 1 is 1.12 bits per heavy atom. The molecule has 1 aliphatic rings. The van der Waals surface area contributed by atoms with Gasteiger partial charge in [-0.05, 0) is 30.5 Å². The molecule has 0 bridgehead atoms. The molecule has 2 heterocycles. The number of benzene rings is 2. The molecule has 1 aliphatic heterocycles. The van der Waals surface area contributed by atoms with E-state index in [1.807, 2.05) is 47.4 Å². The number of nitrogens with zero attached hydrogens (tertiary/aromatic N) is 2. The van der Waals surface area contributed by atoms with Crippen LogP contribution in [0.4, 0.5) is 4.79 Å². The van der Waals surface area contributed by atoms with Crippen molar-refractivity contribution in [3.05, 3.63) is 66.0 Å². The van der Waals surface area contributed by atoms with Crippen molar-refractivity contribution in [3.8, 4) is 0 Å². The number of hydrogen-bond donors (Lipinski definition) is 2. The van der Waals surface area contributed by atoms with Crippen LogP contribution in [0.2, 0.25) is 0 Å². The van der Waals surface area contributed by atoms with Crippen molar-refractivity contribution in [3.63, 3.8) is 0 Å². The lowest BCUT2D eigenvalue weighted by molar-refractivity contribution is 0.149. The van der Waals surface area contributed by atoms with E-state index in [-0.39, 0.29) is 6.03 Å². The number of nitrogens with one attached hydrogen (secondary N) is 2. The Bertz CT molecular complexity index is 819. The lowest BCUT2D eigenvalue weighted by atomic mass is 10.0. The van der Waals surface area contributed by atoms with E-state index in [0.29, 0.717) is 12.5 Å². The predicted octanol–water partition coefficient (Wildman–Crippen LogP) is 3.30. The van der Waals surface area contributed by atoms with Gasteiger partial charge in [-0.3, -0.25) is 0 Å². The number of carbonyl (C=O) groups excluding carboxylic acids is 1. The first-order valence-corrected chi connectivity index (χ1v) is 8.81. The van der Waals surface area contributed by atoms with Crippen LogP contribution >= 0.6 is 0 Å². The van der Waals surface area contributed by atoms with Crippen LogP contribution < -0.4 is 5.32 Å². The van der Waals surface area contributed by atoms with Crippen molar-refractivity contribution in [1.29, 1.82) is 0 Å². The molecule has 3 aromatic rings. The highest BCUT2D eigenvalue weighted by atomic mass is 16.2. The number of urea groups is 1. The van der Waals surface area contributed by atoms with E-state index in [1.54, 1.807) is 0 Å². The summed E-state index contributed by atoms with van der Waals surface area (Å²) in [5.74, 6) is 1.29. The summed E-state index contributed by atoms with van der Waals surface area (Å²) in [5, 5.41) is 3.01. The van der Waals surface area contributed by atoms with Gasteiger partial charge in [0.05, 0.1) is 17.0 Å². The topological polar surface area (TPSA) is 61.0 Å². The highest BCUT2D eigenvalue weighted by molar-refractivity contribution is 5.76. The summed E-state index contributed by atoms with van der Waals surface area (Å²) in [7, 11) is 0. The monoisotopic (exact) mass is 334 g/mol. The fourth-order valence-corrected chi connectivity index (χ4v) is 3.23. The number of fused-ring (bicyclic) bond motifs is 1. The third-order valence-electron chi connectivity index (χ3n) is 4.72. The van der Waals surface area contributed by atoms with E-state index in [2.05, 4.69) is 27.4 Å². The van der Waals surface area contributed by atoms with Crippen molar-refractivity contribution < 1.29 is 4.79 Å². The molecular formula is C20H22N4O. The first kappa shape index (κ1) is 15.7. The average molecular weight is 334 g/mol. The van der Waals surface area contributed by atoms with Gasteiger partial charge in [0.1, 0.15) is 5.82 Å². The first-order chi connectivity index (χ1) is 12.3. The van der Waals surface area contributed by atoms with Crippen LogP contribution in [0, 0.1) is 0 Å². The molecule has 1 aromatic heterocycles. The molecular weight excluding hydrogens is 312 g/mol. The molecule has 2 aromatic carbocycles. The van der Waals surface area contributed by atoms with E-state index in [0.717, 1.165) is 42.8 Å². The number of aryl methyl sites for hydroxylation is 1. The van der Waals surface area contributed by atoms with Gasteiger partial charge in [0.25, 0.3) is 0 Å². The Hall–Kier alpha value is -2.82. The van der Waals surface area contributed by atoms with Gasteiger partial charge < -0.3 is 15.2 Å². The van der Waals surface area contributed by atoms with Crippen LogP contribution in [0.1, 0.15) is 23.7 Å². The Labute approximate surface area is 147 Å². The Kier molecular flexibility index (Phi) is 4.37. The standard InChI is InChI=1S/C20H22N4O/c25-20(21-12-6-9-15-7-2-1-3-8-15)24-13-16(14-24)19-22-17-10-4-5-11-18(17)23-19/h1-5,7-8,10-11,16H,6,9,12-14H2,(H,21,25)(H,22,23). The lowest BCUT2D eigenvalue weighted by Crippen LogP contribution is -2.52. The molecule has 2 amide bonds. The molecule has 5 heteroatoms. The zero-order valence-corrected chi connectivity index (χ0v) is 14.1. The fourth-order valence-electron chi connectivity index (χ4n) is 3.23. The molecule has 25 heavy (non-hydrogen) atoms. The molecule has 5 nitrogen and oxygen atoms in total. The zero-order chi connectivity index (χ0) is 17.1. The molecule has 0 aliphatic carbocycles. The number of hydrogen-bond acceptors (Lipinski definition) is 2. The number of para-hydroxylation sites is 2. The maximum absolute atomic E-state index is 12.2. The maximum atomic E-state index is 12.2. The number of aromatic nitrogens is 2. The van der Waals surface area contributed by atoms with Gasteiger partial charge in [0, 0.05) is 19.6 Å². The molecule has 1 fully saturated rings. The van der Waals surface area contributed by atoms with Crippen LogP contribution in [0.25, 0.3) is 11.0 Å². The number of carbonyl (C=O) groups is 1. The van der Waals surface area contributed by atoms with Crippen molar-refractivity contribution >= 4 is 17.1 Å². The number of imidazole rings is 1. The Balaban J connectivity index is 1.21. The number of amides is 2. The minimum absolute atomic E-state index is 0.0282. The second kappa shape index (κ2) is 6.97. The molecule has 0 spiro atoms. The fraction of sp³-hybridized carbons (Fsp3) is 0.300. The lowest BCUT2D eigenvalue weighted by Gasteiger charge is -2.38. The first-order valence-electron chi connectivity index (χ1n) is 8.81. The number of likely N-dealkylation sites (tertiary alicyclic amines) is 1. The summed E-state index contributed by atoms with van der Waals surface area (Å²) in [6, 6.07) is 18.4. The summed E-state index contributed by atoms with van der Waals surface area (Å²) in [4.78, 5) is 22.0. The van der Waals surface area contributed by atoms with Gasteiger partial charge in [0.15, 0.2) is 0 Å². The summed E-state index contributed by atoms with van der Waals surface area (Å²) in [6.45, 7) is 2.16. The van der Waals surface area contributed by atoms with Gasteiger partial charge in [-0.1, -0.05) is 42.5 Å². The molecule has 1 saturated heterocycles. The SMILES string of the molecule is O=C(NCCCc1ccccc1)N1CC(c2nc3ccccc3[nH]2)C1. The molecule has 0 saturated carbocycles. The largest absolute Gasteiger partial charge is 0.342 e. The van der Waals surface area contributed by atoms with Gasteiger partial charge in [0.2, 0.25) is 0 Å². The van der Waals surface area contributed by atoms with Gasteiger partial charge in [-0.25, -0.2) is 9.78 Å². The summed E-state index contributed by atoms with van der Waals surface area (Å²) >= 11 is 0. The molecule has 128 valence electrons. The minimum atomic E-state index is 0.0282. The summed E-state index contributed by atoms with van der Waals surface area (Å²) in [6.07, 6.45) is 1.94. The highest BCUT2D eigenvalue weighted by Crippen LogP contribution is 2.26. The van der Waals surface area contributed by atoms with Crippen molar-refractivity contribution in [1.82, 2.24) is 20.2 Å². The summed E-state index contributed by atoms with van der Waals surface area (Å²) in [5.41, 5.74) is 3.35. The second-order valence-corrected chi connectivity index (χ2v) is 6.56. The predicted molar refractivity (Wildman–Crippen MR) is 98.6 cm³/mol. The van der Waals surface area contributed by atoms with E-state index in [9.17, 15) is 4.79 Å². The third-order valence-corrected chi connectivity index (χ3v) is 4.72. The van der Waals surface area contributed by atoms with Crippen LogP contribution in [-0.2, 0) is 6.42 Å². The van der Waals surface area contributed by atoms with Crippen LogP contribution in [-0.4, -0.2) is 40.5 Å². The second-order valence-electron chi connectivity index (χ2n) is 6.56. The molecule has 0 atom stereocenters. The smallest absolute Gasteiger partial charge is 0.317 e. The highest BCUT2D eigenvalue weighted by Gasteiger charge is 2.33. The maximum Gasteiger partial charge on any atom is 0.317 e. The van der Waals surface area contributed by atoms with Crippen LogP contribution in [0.3, 0.4) is 0 Å². The Morgan fingerprint density at radius 2 is 1.88 bits per heavy atom. The normalized spacial score (nSPS) is 14.5. The van der Waals surface area contributed by atoms with E-state index >= 15 is 0 Å². The molecule has 2 N–H and O–H groups in total.